The summed E-state index contributed by atoms with van der Waals surface area (Å²) >= 11 is 0. The average Bonchev–Trinajstić information content (AvgIpc) is 2.13. The van der Waals surface area contributed by atoms with Gasteiger partial charge in [-0.2, -0.15) is 0 Å². The van der Waals surface area contributed by atoms with Gasteiger partial charge in [-0.25, -0.2) is 0 Å². The molecule has 3 nitrogen and oxygen atoms in total. The number of methoxy groups -OCH3 is 1. The summed E-state index contributed by atoms with van der Waals surface area (Å²) in [6, 6.07) is 0.360. The predicted octanol–water partition coefficient (Wildman–Crippen LogP) is 0.938. The molecular weight excluding hydrogens is 164 g/mol. The van der Waals surface area contributed by atoms with Crippen LogP contribution in [0.3, 0.4) is 0 Å². The van der Waals surface area contributed by atoms with Gasteiger partial charge in [0.2, 0.25) is 0 Å². The zero-order valence-corrected chi connectivity index (χ0v) is 9.42. The minimum absolute atomic E-state index is 0.360. The van der Waals surface area contributed by atoms with Crippen LogP contribution >= 0.6 is 0 Å². The summed E-state index contributed by atoms with van der Waals surface area (Å²) < 4.78 is 5.11. The lowest BCUT2D eigenvalue weighted by Crippen LogP contribution is -2.43. The summed E-state index contributed by atoms with van der Waals surface area (Å²) in [4.78, 5) is 2.29. The number of likely N-dealkylation sites (N-methyl/N-ethyl adjacent to an activating group) is 1. The van der Waals surface area contributed by atoms with E-state index in [1.165, 1.54) is 6.42 Å². The summed E-state index contributed by atoms with van der Waals surface area (Å²) in [5.41, 5.74) is 5.66. The molecule has 0 amide bonds. The quantitative estimate of drug-likeness (QED) is 0.646. The van der Waals surface area contributed by atoms with E-state index in [9.17, 15) is 0 Å². The molecule has 2 atom stereocenters. The molecule has 0 bridgehead atoms. The van der Waals surface area contributed by atoms with Crippen LogP contribution in [0.15, 0.2) is 0 Å². The van der Waals surface area contributed by atoms with Crippen LogP contribution in [-0.4, -0.2) is 44.8 Å². The maximum atomic E-state index is 5.66. The van der Waals surface area contributed by atoms with Gasteiger partial charge < -0.3 is 10.5 Å². The van der Waals surface area contributed by atoms with Crippen LogP contribution < -0.4 is 5.73 Å². The molecule has 0 rings (SSSR count). The van der Waals surface area contributed by atoms with Gasteiger partial charge in [0, 0.05) is 26.2 Å². The van der Waals surface area contributed by atoms with Gasteiger partial charge in [-0.3, -0.25) is 4.90 Å². The fourth-order valence-corrected chi connectivity index (χ4v) is 1.34. The first-order chi connectivity index (χ1) is 6.15. The van der Waals surface area contributed by atoms with Crippen LogP contribution in [0, 0.1) is 5.92 Å². The highest BCUT2D eigenvalue weighted by atomic mass is 16.5. The fraction of sp³-hybridized carbons (Fsp3) is 1.00. The van der Waals surface area contributed by atoms with Gasteiger partial charge in [-0.05, 0) is 13.0 Å². The third kappa shape index (κ3) is 5.24. The van der Waals surface area contributed by atoms with Crippen molar-refractivity contribution in [1.82, 2.24) is 4.90 Å². The zero-order valence-electron chi connectivity index (χ0n) is 9.42. The van der Waals surface area contributed by atoms with Gasteiger partial charge in [0.15, 0.2) is 0 Å². The van der Waals surface area contributed by atoms with Gasteiger partial charge in [-0.1, -0.05) is 20.3 Å². The SMILES string of the molecule is CCC(C)CN(C)C(CN)COC. The molecule has 0 radical (unpaired) electrons. The number of nitrogens with zero attached hydrogens (tertiary/aromatic N) is 1. The molecule has 0 aliphatic carbocycles. The minimum atomic E-state index is 0.360. The molecule has 3 heteroatoms. The second-order valence-corrected chi connectivity index (χ2v) is 3.80. The molecular formula is C10H24N2O. The summed E-state index contributed by atoms with van der Waals surface area (Å²) in [5.74, 6) is 0.732. The Morgan fingerprint density at radius 1 is 1.46 bits per heavy atom. The number of ether oxygens (including phenoxy) is 1. The normalized spacial score (nSPS) is 16.2. The van der Waals surface area contributed by atoms with E-state index in [2.05, 4.69) is 25.8 Å². The summed E-state index contributed by atoms with van der Waals surface area (Å²) in [5, 5.41) is 0. The van der Waals surface area contributed by atoms with Crippen LogP contribution in [0.4, 0.5) is 0 Å². The second kappa shape index (κ2) is 7.30. The van der Waals surface area contributed by atoms with E-state index < -0.39 is 0 Å². The molecule has 80 valence electrons. The topological polar surface area (TPSA) is 38.5 Å². The number of nitrogens with two attached hydrogens (primary N) is 1. The molecule has 0 aromatic carbocycles. The van der Waals surface area contributed by atoms with E-state index in [1.54, 1.807) is 7.11 Å². The van der Waals surface area contributed by atoms with Crippen LogP contribution in [0.5, 0.6) is 0 Å². The van der Waals surface area contributed by atoms with Crippen molar-refractivity contribution >= 4 is 0 Å². The van der Waals surface area contributed by atoms with Crippen LogP contribution in [0.2, 0.25) is 0 Å². The first kappa shape index (κ1) is 12.9. The van der Waals surface area contributed by atoms with E-state index in [4.69, 9.17) is 10.5 Å². The molecule has 0 heterocycles. The van der Waals surface area contributed by atoms with Crippen molar-refractivity contribution in [2.45, 2.75) is 26.3 Å². The fourth-order valence-electron chi connectivity index (χ4n) is 1.34. The summed E-state index contributed by atoms with van der Waals surface area (Å²) in [7, 11) is 3.84. The first-order valence-corrected chi connectivity index (χ1v) is 5.04. The van der Waals surface area contributed by atoms with Crippen molar-refractivity contribution in [2.75, 3.05) is 33.9 Å². The highest BCUT2D eigenvalue weighted by Crippen LogP contribution is 2.05. The lowest BCUT2D eigenvalue weighted by atomic mass is 10.1. The summed E-state index contributed by atoms with van der Waals surface area (Å²) in [6.45, 7) is 6.97. The van der Waals surface area contributed by atoms with Crippen molar-refractivity contribution < 1.29 is 4.74 Å². The van der Waals surface area contributed by atoms with E-state index in [1.807, 2.05) is 0 Å². The Bertz CT molecular complexity index is 119. The number of rotatable bonds is 7. The van der Waals surface area contributed by atoms with Crippen molar-refractivity contribution in [2.24, 2.45) is 11.7 Å². The Balaban J connectivity index is 3.82. The molecule has 0 aromatic heterocycles. The average molecular weight is 188 g/mol. The molecule has 0 aliphatic rings. The van der Waals surface area contributed by atoms with Crippen molar-refractivity contribution in [3.63, 3.8) is 0 Å². The number of hydrogen-bond donors (Lipinski definition) is 1. The monoisotopic (exact) mass is 188 g/mol. The lowest BCUT2D eigenvalue weighted by Gasteiger charge is -2.28. The Kier molecular flexibility index (Phi) is 7.23. The Morgan fingerprint density at radius 3 is 2.46 bits per heavy atom. The molecule has 0 aromatic rings. The van der Waals surface area contributed by atoms with Crippen molar-refractivity contribution in [3.05, 3.63) is 0 Å². The molecule has 0 saturated carbocycles. The molecule has 13 heavy (non-hydrogen) atoms. The third-order valence-corrected chi connectivity index (χ3v) is 2.55. The molecule has 0 saturated heterocycles. The van der Waals surface area contributed by atoms with Crippen LogP contribution in [-0.2, 0) is 4.74 Å². The van der Waals surface area contributed by atoms with Gasteiger partial charge in [0.05, 0.1) is 6.61 Å². The molecule has 0 aliphatic heterocycles. The maximum absolute atomic E-state index is 5.66. The molecule has 0 spiro atoms. The lowest BCUT2D eigenvalue weighted by molar-refractivity contribution is 0.101. The van der Waals surface area contributed by atoms with Crippen LogP contribution in [0.1, 0.15) is 20.3 Å². The number of hydrogen-bond acceptors (Lipinski definition) is 3. The van der Waals surface area contributed by atoms with E-state index in [0.717, 1.165) is 19.1 Å². The first-order valence-electron chi connectivity index (χ1n) is 5.04. The third-order valence-electron chi connectivity index (χ3n) is 2.55. The van der Waals surface area contributed by atoms with Crippen LogP contribution in [0.25, 0.3) is 0 Å². The summed E-state index contributed by atoms with van der Waals surface area (Å²) in [6.07, 6.45) is 1.22. The van der Waals surface area contributed by atoms with Gasteiger partial charge in [0.25, 0.3) is 0 Å². The predicted molar refractivity (Wildman–Crippen MR) is 56.8 cm³/mol. The molecule has 0 fully saturated rings. The molecule has 2 N–H and O–H groups in total. The minimum Gasteiger partial charge on any atom is -0.383 e. The molecule has 2 unspecified atom stereocenters. The van der Waals surface area contributed by atoms with E-state index in [0.29, 0.717) is 12.6 Å². The van der Waals surface area contributed by atoms with Gasteiger partial charge in [0.1, 0.15) is 0 Å². The standard InChI is InChI=1S/C10H24N2O/c1-5-9(2)7-12(3)10(6-11)8-13-4/h9-10H,5-8,11H2,1-4H3. The zero-order chi connectivity index (χ0) is 10.3. The smallest absolute Gasteiger partial charge is 0.0630 e. The van der Waals surface area contributed by atoms with E-state index >= 15 is 0 Å². The van der Waals surface area contributed by atoms with Gasteiger partial charge >= 0.3 is 0 Å². The Morgan fingerprint density at radius 2 is 2.08 bits per heavy atom. The second-order valence-electron chi connectivity index (χ2n) is 3.80. The van der Waals surface area contributed by atoms with Crippen molar-refractivity contribution in [3.8, 4) is 0 Å². The highest BCUT2D eigenvalue weighted by Gasteiger charge is 2.14. The van der Waals surface area contributed by atoms with E-state index in [-0.39, 0.29) is 0 Å². The van der Waals surface area contributed by atoms with Gasteiger partial charge in [-0.15, -0.1) is 0 Å². The Hall–Kier alpha value is -0.120. The van der Waals surface area contributed by atoms with Crippen molar-refractivity contribution in [1.29, 1.82) is 0 Å². The maximum Gasteiger partial charge on any atom is 0.0630 e. The Labute approximate surface area is 82.2 Å². The largest absolute Gasteiger partial charge is 0.383 e. The highest BCUT2D eigenvalue weighted by molar-refractivity contribution is 4.70.